The maximum atomic E-state index is 13.5. The van der Waals surface area contributed by atoms with E-state index in [4.69, 9.17) is 0 Å². The lowest BCUT2D eigenvalue weighted by Crippen LogP contribution is -2.30. The summed E-state index contributed by atoms with van der Waals surface area (Å²) in [7, 11) is 0. The SMILES string of the molecule is CCCC(=O)Cc1cc(C(C)C)c2c(c1C)C(=O)CC(CC(CCC)C(CC)C(=O)CC(C)=O)C2. The van der Waals surface area contributed by atoms with Crippen LogP contribution in [0.15, 0.2) is 6.07 Å². The van der Waals surface area contributed by atoms with Crippen LogP contribution in [-0.2, 0) is 27.2 Å². The van der Waals surface area contributed by atoms with Crippen LogP contribution in [0.1, 0.15) is 131 Å². The Morgan fingerprint density at radius 3 is 2.29 bits per heavy atom. The van der Waals surface area contributed by atoms with E-state index in [0.29, 0.717) is 19.3 Å². The molecule has 0 aliphatic heterocycles. The number of hydrogen-bond acceptors (Lipinski definition) is 4. The highest BCUT2D eigenvalue weighted by Gasteiger charge is 2.34. The summed E-state index contributed by atoms with van der Waals surface area (Å²) in [6, 6.07) is 2.18. The van der Waals surface area contributed by atoms with E-state index < -0.39 is 0 Å². The van der Waals surface area contributed by atoms with Gasteiger partial charge in [-0.15, -0.1) is 0 Å². The number of benzene rings is 1. The van der Waals surface area contributed by atoms with Crippen molar-refractivity contribution in [3.05, 3.63) is 33.9 Å². The van der Waals surface area contributed by atoms with Crippen LogP contribution in [0.25, 0.3) is 0 Å². The molecule has 1 aromatic carbocycles. The number of carbonyl (C=O) groups excluding carboxylic acids is 4. The molecule has 1 aliphatic carbocycles. The molecule has 1 aliphatic rings. The first-order chi connectivity index (χ1) is 16.5. The summed E-state index contributed by atoms with van der Waals surface area (Å²) < 4.78 is 0. The Bertz CT molecular complexity index is 940. The Morgan fingerprint density at radius 1 is 1.06 bits per heavy atom. The molecule has 0 bridgehead atoms. The van der Waals surface area contributed by atoms with Gasteiger partial charge in [0.2, 0.25) is 0 Å². The van der Waals surface area contributed by atoms with Gasteiger partial charge in [0.15, 0.2) is 5.78 Å². The topological polar surface area (TPSA) is 68.3 Å². The van der Waals surface area contributed by atoms with E-state index in [-0.39, 0.29) is 53.2 Å². The van der Waals surface area contributed by atoms with Crippen molar-refractivity contribution in [2.45, 2.75) is 119 Å². The summed E-state index contributed by atoms with van der Waals surface area (Å²) in [5, 5.41) is 0. The number of carbonyl (C=O) groups is 4. The highest BCUT2D eigenvalue weighted by atomic mass is 16.1. The van der Waals surface area contributed by atoms with Crippen LogP contribution in [-0.4, -0.2) is 23.1 Å². The van der Waals surface area contributed by atoms with Crippen LogP contribution in [0, 0.1) is 24.7 Å². The van der Waals surface area contributed by atoms with Gasteiger partial charge in [-0.3, -0.25) is 19.2 Å². The van der Waals surface area contributed by atoms with E-state index in [1.807, 2.05) is 20.8 Å². The quantitative estimate of drug-likeness (QED) is 0.264. The second kappa shape index (κ2) is 13.3. The lowest BCUT2D eigenvalue weighted by Gasteiger charge is -2.33. The van der Waals surface area contributed by atoms with Gasteiger partial charge in [0.25, 0.3) is 0 Å². The predicted molar refractivity (Wildman–Crippen MR) is 142 cm³/mol. The van der Waals surface area contributed by atoms with Crippen molar-refractivity contribution in [3.8, 4) is 0 Å². The van der Waals surface area contributed by atoms with E-state index in [1.54, 1.807) is 0 Å². The summed E-state index contributed by atoms with van der Waals surface area (Å²) in [6.07, 6.45) is 6.67. The standard InChI is InChI=1S/C31H46O4/c1-8-11-23(26(10-3)29(34)13-20(6)32)14-22-15-28-27(19(4)5)18-24(17-25(33)12-9-2)21(7)31(28)30(35)16-22/h18-19,22-23,26H,8-17H2,1-7H3. The van der Waals surface area contributed by atoms with Gasteiger partial charge in [-0.05, 0) is 79.5 Å². The third-order valence-electron chi connectivity index (χ3n) is 7.76. The van der Waals surface area contributed by atoms with Gasteiger partial charge in [-0.2, -0.15) is 0 Å². The number of ketones is 4. The maximum absolute atomic E-state index is 13.5. The average Bonchev–Trinajstić information content (AvgIpc) is 2.75. The van der Waals surface area contributed by atoms with Gasteiger partial charge < -0.3 is 0 Å². The minimum Gasteiger partial charge on any atom is -0.300 e. The van der Waals surface area contributed by atoms with Crippen molar-refractivity contribution < 1.29 is 19.2 Å². The van der Waals surface area contributed by atoms with Crippen molar-refractivity contribution in [1.82, 2.24) is 0 Å². The van der Waals surface area contributed by atoms with Crippen LogP contribution in [0.3, 0.4) is 0 Å². The zero-order valence-electron chi connectivity index (χ0n) is 23.1. The highest BCUT2D eigenvalue weighted by Crippen LogP contribution is 2.40. The van der Waals surface area contributed by atoms with Gasteiger partial charge >= 0.3 is 0 Å². The highest BCUT2D eigenvalue weighted by molar-refractivity contribution is 6.01. The van der Waals surface area contributed by atoms with Crippen molar-refractivity contribution in [2.24, 2.45) is 17.8 Å². The molecule has 0 aromatic heterocycles. The molecule has 35 heavy (non-hydrogen) atoms. The minimum atomic E-state index is -0.117. The zero-order valence-corrected chi connectivity index (χ0v) is 23.1. The van der Waals surface area contributed by atoms with Crippen molar-refractivity contribution in [3.63, 3.8) is 0 Å². The molecule has 0 N–H and O–H groups in total. The first-order valence-corrected chi connectivity index (χ1v) is 13.8. The van der Waals surface area contributed by atoms with Crippen molar-refractivity contribution in [2.75, 3.05) is 0 Å². The van der Waals surface area contributed by atoms with Crippen LogP contribution >= 0.6 is 0 Å². The van der Waals surface area contributed by atoms with Gasteiger partial charge in [0, 0.05) is 30.7 Å². The Balaban J connectivity index is 2.38. The van der Waals surface area contributed by atoms with Crippen LogP contribution < -0.4 is 0 Å². The van der Waals surface area contributed by atoms with Gasteiger partial charge in [-0.25, -0.2) is 0 Å². The zero-order chi connectivity index (χ0) is 26.3. The Labute approximate surface area is 212 Å². The second-order valence-corrected chi connectivity index (χ2v) is 11.1. The van der Waals surface area contributed by atoms with Gasteiger partial charge in [0.05, 0.1) is 6.42 Å². The predicted octanol–water partition coefficient (Wildman–Crippen LogP) is 7.16. The number of rotatable bonds is 14. The fraction of sp³-hybridized carbons (Fsp3) is 0.677. The molecule has 0 spiro atoms. The molecule has 4 nitrogen and oxygen atoms in total. The normalized spacial score (nSPS) is 17.3. The van der Waals surface area contributed by atoms with E-state index in [0.717, 1.165) is 60.8 Å². The number of hydrogen-bond donors (Lipinski definition) is 0. The first kappa shape index (κ1) is 29.1. The molecule has 3 unspecified atom stereocenters. The molecule has 0 amide bonds. The molecule has 0 saturated carbocycles. The van der Waals surface area contributed by atoms with Crippen LogP contribution in [0.5, 0.6) is 0 Å². The summed E-state index contributed by atoms with van der Waals surface area (Å²) >= 11 is 0. The molecular formula is C31H46O4. The molecule has 0 fully saturated rings. The summed E-state index contributed by atoms with van der Waals surface area (Å²) in [5.74, 6) is 0.947. The molecule has 2 rings (SSSR count). The fourth-order valence-electron chi connectivity index (χ4n) is 6.16. The molecule has 0 heterocycles. The van der Waals surface area contributed by atoms with Crippen LogP contribution in [0.2, 0.25) is 0 Å². The smallest absolute Gasteiger partial charge is 0.163 e. The molecule has 0 radical (unpaired) electrons. The van der Waals surface area contributed by atoms with Crippen molar-refractivity contribution >= 4 is 23.1 Å². The number of fused-ring (bicyclic) bond motifs is 1. The largest absolute Gasteiger partial charge is 0.300 e. The molecular weight excluding hydrogens is 436 g/mol. The monoisotopic (exact) mass is 482 g/mol. The lowest BCUT2D eigenvalue weighted by molar-refractivity contribution is -0.130. The molecule has 0 saturated heterocycles. The molecule has 4 heteroatoms. The van der Waals surface area contributed by atoms with Crippen molar-refractivity contribution in [1.29, 1.82) is 0 Å². The Kier molecular flexibility index (Phi) is 11.0. The van der Waals surface area contributed by atoms with E-state index in [9.17, 15) is 19.2 Å². The van der Waals surface area contributed by atoms with E-state index in [1.165, 1.54) is 12.5 Å². The Morgan fingerprint density at radius 2 is 1.74 bits per heavy atom. The lowest BCUT2D eigenvalue weighted by atomic mass is 9.70. The summed E-state index contributed by atoms with van der Waals surface area (Å²) in [4.78, 5) is 50.4. The van der Waals surface area contributed by atoms with E-state index >= 15 is 0 Å². The summed E-state index contributed by atoms with van der Waals surface area (Å²) in [5.41, 5.74) is 5.17. The summed E-state index contributed by atoms with van der Waals surface area (Å²) in [6.45, 7) is 14.0. The minimum absolute atomic E-state index is 0.0153. The molecule has 1 aromatic rings. The number of Topliss-reactive ketones (excluding diaryl/α,β-unsaturated/α-hetero) is 4. The van der Waals surface area contributed by atoms with Gasteiger partial charge in [0.1, 0.15) is 17.3 Å². The molecule has 194 valence electrons. The maximum Gasteiger partial charge on any atom is 0.163 e. The van der Waals surface area contributed by atoms with E-state index in [2.05, 4.69) is 26.8 Å². The molecule has 3 atom stereocenters. The fourth-order valence-corrected chi connectivity index (χ4v) is 6.16. The Hall–Kier alpha value is -2.10. The average molecular weight is 483 g/mol. The van der Waals surface area contributed by atoms with Crippen LogP contribution in [0.4, 0.5) is 0 Å². The first-order valence-electron chi connectivity index (χ1n) is 13.8. The van der Waals surface area contributed by atoms with Gasteiger partial charge in [-0.1, -0.05) is 53.5 Å². The third-order valence-corrected chi connectivity index (χ3v) is 7.76. The third kappa shape index (κ3) is 7.44. The second-order valence-electron chi connectivity index (χ2n) is 11.1.